The van der Waals surface area contributed by atoms with Crippen molar-refractivity contribution in [3.63, 3.8) is 0 Å². The van der Waals surface area contributed by atoms with Crippen molar-refractivity contribution in [2.24, 2.45) is 5.41 Å². The van der Waals surface area contributed by atoms with Crippen molar-refractivity contribution in [2.45, 2.75) is 39.2 Å². The van der Waals surface area contributed by atoms with Crippen molar-refractivity contribution in [3.05, 3.63) is 29.6 Å². The minimum Gasteiger partial charge on any atom is -0.396 e. The van der Waals surface area contributed by atoms with Gasteiger partial charge in [-0.2, -0.15) is 0 Å². The molecule has 0 bridgehead atoms. The molecule has 0 saturated heterocycles. The van der Waals surface area contributed by atoms with Crippen LogP contribution >= 0.6 is 0 Å². The Hall–Kier alpha value is -1.42. The van der Waals surface area contributed by atoms with E-state index in [1.54, 1.807) is 12.3 Å². The van der Waals surface area contributed by atoms with Gasteiger partial charge in [0.25, 0.3) is 5.91 Å². The van der Waals surface area contributed by atoms with E-state index in [0.717, 1.165) is 25.0 Å². The second-order valence-electron chi connectivity index (χ2n) is 5.42. The number of rotatable bonds is 3. The quantitative estimate of drug-likeness (QED) is 0.855. The molecule has 4 nitrogen and oxygen atoms in total. The molecule has 1 aliphatic rings. The highest BCUT2D eigenvalue weighted by atomic mass is 16.3. The lowest BCUT2D eigenvalue weighted by Crippen LogP contribution is -2.44. The van der Waals surface area contributed by atoms with E-state index in [4.69, 9.17) is 0 Å². The first-order valence-electron chi connectivity index (χ1n) is 6.39. The van der Waals surface area contributed by atoms with Gasteiger partial charge in [-0.1, -0.05) is 13.3 Å². The Morgan fingerprint density at radius 2 is 2.39 bits per heavy atom. The molecule has 1 aromatic heterocycles. The van der Waals surface area contributed by atoms with Gasteiger partial charge in [-0.05, 0) is 31.9 Å². The monoisotopic (exact) mass is 248 g/mol. The molecule has 2 rings (SSSR count). The third-order valence-electron chi connectivity index (χ3n) is 3.92. The number of aromatic nitrogens is 1. The number of carbonyl (C=O) groups excluding carboxylic acids is 1. The summed E-state index contributed by atoms with van der Waals surface area (Å²) in [4.78, 5) is 16.2. The lowest BCUT2D eigenvalue weighted by atomic mass is 9.85. The predicted molar refractivity (Wildman–Crippen MR) is 69.3 cm³/mol. The van der Waals surface area contributed by atoms with Crippen molar-refractivity contribution in [1.82, 2.24) is 10.3 Å². The highest BCUT2D eigenvalue weighted by Crippen LogP contribution is 2.37. The third-order valence-corrected chi connectivity index (χ3v) is 3.92. The fraction of sp³-hybridized carbons (Fsp3) is 0.571. The highest BCUT2D eigenvalue weighted by Gasteiger charge is 2.39. The number of amides is 1. The normalized spacial score (nSPS) is 27.2. The Bertz CT molecular complexity index is 430. The Kier molecular flexibility index (Phi) is 3.66. The van der Waals surface area contributed by atoms with Crippen LogP contribution in [0.1, 0.15) is 42.2 Å². The Morgan fingerprint density at radius 3 is 3.00 bits per heavy atom. The first kappa shape index (κ1) is 13.0. The molecule has 1 aliphatic carbocycles. The molecule has 98 valence electrons. The van der Waals surface area contributed by atoms with Crippen LogP contribution in [0.2, 0.25) is 0 Å². The van der Waals surface area contributed by atoms with Crippen LogP contribution in [-0.2, 0) is 0 Å². The molecule has 1 heterocycles. The number of nitrogens with zero attached hydrogens (tertiary/aromatic N) is 1. The van der Waals surface area contributed by atoms with Crippen LogP contribution in [0.3, 0.4) is 0 Å². The number of hydrogen-bond donors (Lipinski definition) is 2. The van der Waals surface area contributed by atoms with Crippen LogP contribution in [0.5, 0.6) is 0 Å². The number of nitrogens with one attached hydrogen (secondary N) is 1. The molecule has 2 unspecified atom stereocenters. The van der Waals surface area contributed by atoms with Crippen LogP contribution < -0.4 is 5.32 Å². The zero-order valence-corrected chi connectivity index (χ0v) is 10.9. The molecule has 4 heteroatoms. The van der Waals surface area contributed by atoms with Crippen LogP contribution in [0.4, 0.5) is 0 Å². The van der Waals surface area contributed by atoms with Crippen molar-refractivity contribution in [3.8, 4) is 0 Å². The van der Waals surface area contributed by atoms with Crippen LogP contribution in [0.15, 0.2) is 18.3 Å². The number of hydrogen-bond acceptors (Lipinski definition) is 3. The summed E-state index contributed by atoms with van der Waals surface area (Å²) >= 11 is 0. The van der Waals surface area contributed by atoms with E-state index in [1.165, 1.54) is 0 Å². The number of pyridine rings is 1. The van der Waals surface area contributed by atoms with Gasteiger partial charge in [-0.25, -0.2) is 0 Å². The minimum atomic E-state index is -0.187. The maximum absolute atomic E-state index is 12.1. The maximum atomic E-state index is 12.1. The zero-order valence-electron chi connectivity index (χ0n) is 10.9. The Morgan fingerprint density at radius 1 is 1.61 bits per heavy atom. The topological polar surface area (TPSA) is 62.2 Å². The van der Waals surface area contributed by atoms with Gasteiger partial charge in [0.2, 0.25) is 0 Å². The smallest absolute Gasteiger partial charge is 0.253 e. The van der Waals surface area contributed by atoms with E-state index in [9.17, 15) is 9.90 Å². The van der Waals surface area contributed by atoms with E-state index in [2.05, 4.69) is 10.3 Å². The van der Waals surface area contributed by atoms with Gasteiger partial charge in [-0.15, -0.1) is 0 Å². The summed E-state index contributed by atoms with van der Waals surface area (Å²) in [5.41, 5.74) is 1.29. The largest absolute Gasteiger partial charge is 0.396 e. The molecular weight excluding hydrogens is 228 g/mol. The lowest BCUT2D eigenvalue weighted by Gasteiger charge is -2.30. The fourth-order valence-corrected chi connectivity index (χ4v) is 2.51. The highest BCUT2D eigenvalue weighted by molar-refractivity contribution is 5.94. The van der Waals surface area contributed by atoms with E-state index in [-0.39, 0.29) is 24.0 Å². The molecule has 2 N–H and O–H groups in total. The Labute approximate surface area is 107 Å². The van der Waals surface area contributed by atoms with Gasteiger partial charge in [-0.3, -0.25) is 9.78 Å². The van der Waals surface area contributed by atoms with Crippen molar-refractivity contribution in [2.75, 3.05) is 6.61 Å². The predicted octanol–water partition coefficient (Wildman–Crippen LogP) is 1.67. The fourth-order valence-electron chi connectivity index (χ4n) is 2.51. The molecule has 0 aliphatic heterocycles. The Balaban J connectivity index is 2.05. The summed E-state index contributed by atoms with van der Waals surface area (Å²) in [6.07, 6.45) is 4.53. The molecule has 0 aromatic carbocycles. The molecule has 1 aromatic rings. The van der Waals surface area contributed by atoms with Gasteiger partial charge >= 0.3 is 0 Å². The summed E-state index contributed by atoms with van der Waals surface area (Å²) in [6, 6.07) is 3.66. The van der Waals surface area contributed by atoms with E-state index < -0.39 is 0 Å². The molecule has 1 fully saturated rings. The van der Waals surface area contributed by atoms with Crippen LogP contribution in [0.25, 0.3) is 0 Å². The summed E-state index contributed by atoms with van der Waals surface area (Å²) < 4.78 is 0. The summed E-state index contributed by atoms with van der Waals surface area (Å²) in [7, 11) is 0. The molecule has 18 heavy (non-hydrogen) atoms. The number of aryl methyl sites for hydroxylation is 1. The van der Waals surface area contributed by atoms with Gasteiger partial charge in [0.05, 0.1) is 12.2 Å². The molecular formula is C14H20N2O2. The first-order valence-corrected chi connectivity index (χ1v) is 6.39. The molecule has 1 saturated carbocycles. The molecule has 0 spiro atoms. The number of aliphatic hydroxyl groups is 1. The number of aliphatic hydroxyl groups excluding tert-OH is 1. The third kappa shape index (κ3) is 2.53. The second kappa shape index (κ2) is 5.06. The average Bonchev–Trinajstić information content (AvgIpc) is 2.72. The minimum absolute atomic E-state index is 0.0521. The SMILES string of the molecule is Cc1ccc(C(=O)NC2CCCC2(C)CO)cn1. The molecule has 0 radical (unpaired) electrons. The average molecular weight is 248 g/mol. The van der Waals surface area contributed by atoms with Crippen LogP contribution in [0, 0.1) is 12.3 Å². The zero-order chi connectivity index (χ0) is 13.2. The van der Waals surface area contributed by atoms with E-state index in [1.807, 2.05) is 19.9 Å². The van der Waals surface area contributed by atoms with Gasteiger partial charge < -0.3 is 10.4 Å². The van der Waals surface area contributed by atoms with E-state index in [0.29, 0.717) is 5.56 Å². The summed E-state index contributed by atoms with van der Waals surface area (Å²) in [5, 5.41) is 12.5. The van der Waals surface area contributed by atoms with Gasteiger partial charge in [0.15, 0.2) is 0 Å². The molecule has 2 atom stereocenters. The molecule has 1 amide bonds. The van der Waals surface area contributed by atoms with Crippen LogP contribution in [-0.4, -0.2) is 28.6 Å². The maximum Gasteiger partial charge on any atom is 0.253 e. The van der Waals surface area contributed by atoms with Crippen molar-refractivity contribution in [1.29, 1.82) is 0 Å². The second-order valence-corrected chi connectivity index (χ2v) is 5.42. The van der Waals surface area contributed by atoms with Gasteiger partial charge in [0.1, 0.15) is 0 Å². The van der Waals surface area contributed by atoms with Gasteiger partial charge in [0, 0.05) is 23.3 Å². The lowest BCUT2D eigenvalue weighted by molar-refractivity contribution is 0.0830. The van der Waals surface area contributed by atoms with Crippen molar-refractivity contribution < 1.29 is 9.90 Å². The van der Waals surface area contributed by atoms with E-state index >= 15 is 0 Å². The summed E-state index contributed by atoms with van der Waals surface area (Å²) in [5.74, 6) is -0.103. The van der Waals surface area contributed by atoms with Crippen molar-refractivity contribution >= 4 is 5.91 Å². The number of carbonyl (C=O) groups is 1. The first-order chi connectivity index (χ1) is 8.55. The standard InChI is InChI=1S/C14H20N2O2/c1-10-5-6-11(8-15-10)13(18)16-12-4-3-7-14(12,2)9-17/h5-6,8,12,17H,3-4,7,9H2,1-2H3,(H,16,18). The summed E-state index contributed by atoms with van der Waals surface area (Å²) in [6.45, 7) is 4.03.